The van der Waals surface area contributed by atoms with Crippen LogP contribution in [0.1, 0.15) is 52.5 Å². The third-order valence-electron chi connectivity index (χ3n) is 6.58. The number of hydrogen-bond acceptors (Lipinski definition) is 6. The van der Waals surface area contributed by atoms with E-state index in [9.17, 15) is 19.2 Å². The van der Waals surface area contributed by atoms with E-state index in [1.165, 1.54) is 4.90 Å². The van der Waals surface area contributed by atoms with Gasteiger partial charge >= 0.3 is 11.7 Å². The van der Waals surface area contributed by atoms with Gasteiger partial charge in [-0.25, -0.2) is 4.79 Å². The minimum absolute atomic E-state index is 0.0104. The Balaban J connectivity index is 1.75. The van der Waals surface area contributed by atoms with E-state index in [1.807, 2.05) is 51.1 Å². The number of amides is 1. The molecule has 0 bridgehead atoms. The molecule has 2 heterocycles. The van der Waals surface area contributed by atoms with Gasteiger partial charge in [-0.15, -0.1) is 0 Å². The lowest BCUT2D eigenvalue weighted by molar-refractivity contribution is -0.149. The molecule has 0 unspecified atom stereocenters. The molecule has 0 aliphatic carbocycles. The van der Waals surface area contributed by atoms with E-state index in [-0.39, 0.29) is 24.1 Å². The van der Waals surface area contributed by atoms with Gasteiger partial charge in [-0.3, -0.25) is 19.0 Å². The molecule has 0 saturated carbocycles. The first kappa shape index (κ1) is 26.1. The van der Waals surface area contributed by atoms with Crippen LogP contribution in [0.4, 0.5) is 0 Å². The molecular formula is C28H32N4O5. The Kier molecular flexibility index (Phi) is 7.71. The van der Waals surface area contributed by atoms with Crippen molar-refractivity contribution in [1.29, 1.82) is 0 Å². The second-order valence-corrected chi connectivity index (χ2v) is 9.58. The van der Waals surface area contributed by atoms with Crippen LogP contribution in [0.15, 0.2) is 52.1 Å². The summed E-state index contributed by atoms with van der Waals surface area (Å²) in [5.41, 5.74) is 2.48. The maximum atomic E-state index is 13.5. The molecule has 1 saturated heterocycles. The summed E-state index contributed by atoms with van der Waals surface area (Å²) in [6, 6.07) is 13.1. The van der Waals surface area contributed by atoms with Crippen molar-refractivity contribution in [3.63, 3.8) is 0 Å². The van der Waals surface area contributed by atoms with E-state index in [1.54, 1.807) is 19.1 Å². The molecule has 0 N–H and O–H groups in total. The van der Waals surface area contributed by atoms with Crippen molar-refractivity contribution in [3.05, 3.63) is 91.3 Å². The number of carbonyl (C=O) groups excluding carboxylic acids is 2. The summed E-state index contributed by atoms with van der Waals surface area (Å²) in [5.74, 6) is -1.10. The number of aromatic nitrogens is 3. The fourth-order valence-corrected chi connectivity index (χ4v) is 4.63. The van der Waals surface area contributed by atoms with Crippen molar-refractivity contribution >= 4 is 11.9 Å². The first-order chi connectivity index (χ1) is 17.7. The highest BCUT2D eigenvalue weighted by atomic mass is 16.5. The second kappa shape index (κ2) is 10.9. The summed E-state index contributed by atoms with van der Waals surface area (Å²) in [5, 5.41) is 4.29. The van der Waals surface area contributed by atoms with Gasteiger partial charge in [-0.05, 0) is 69.4 Å². The first-order valence-electron chi connectivity index (χ1n) is 12.5. The number of ether oxygens (including phenoxy) is 1. The van der Waals surface area contributed by atoms with Crippen LogP contribution < -0.4 is 11.2 Å². The molecule has 1 fully saturated rings. The standard InChI is InChI=1S/C28H32N4O5/c1-5-37-27(35)22-10-12-30(13-11-22)25(33)24-26(34)31(17-21-8-6-18(2)7-9-21)28(36)32(29-24)23-15-19(3)14-20(4)16-23/h6-9,14-16,22H,5,10-13,17H2,1-4H3. The number of esters is 1. The fraction of sp³-hybridized carbons (Fsp3) is 0.393. The van der Waals surface area contributed by atoms with Crippen LogP contribution in [-0.4, -0.2) is 50.8 Å². The number of benzene rings is 2. The number of likely N-dealkylation sites (tertiary alicyclic amines) is 1. The zero-order valence-electron chi connectivity index (χ0n) is 21.7. The second-order valence-electron chi connectivity index (χ2n) is 9.58. The van der Waals surface area contributed by atoms with Crippen LogP contribution in [0.5, 0.6) is 0 Å². The van der Waals surface area contributed by atoms with Crippen LogP contribution in [0, 0.1) is 26.7 Å². The van der Waals surface area contributed by atoms with E-state index >= 15 is 0 Å². The average Bonchev–Trinajstić information content (AvgIpc) is 2.87. The van der Waals surface area contributed by atoms with Gasteiger partial charge in [0.2, 0.25) is 5.69 Å². The molecule has 1 aliphatic heterocycles. The van der Waals surface area contributed by atoms with Gasteiger partial charge in [-0.1, -0.05) is 35.9 Å². The maximum Gasteiger partial charge on any atom is 0.352 e. The van der Waals surface area contributed by atoms with Crippen molar-refractivity contribution < 1.29 is 14.3 Å². The largest absolute Gasteiger partial charge is 0.466 e. The predicted octanol–water partition coefficient (Wildman–Crippen LogP) is 2.78. The predicted molar refractivity (Wildman–Crippen MR) is 139 cm³/mol. The highest BCUT2D eigenvalue weighted by Gasteiger charge is 2.31. The van der Waals surface area contributed by atoms with Crippen molar-refractivity contribution in [2.75, 3.05) is 19.7 Å². The molecule has 0 spiro atoms. The number of carbonyl (C=O) groups is 2. The van der Waals surface area contributed by atoms with Gasteiger partial charge in [0.25, 0.3) is 11.5 Å². The van der Waals surface area contributed by atoms with Gasteiger partial charge in [-0.2, -0.15) is 9.78 Å². The number of nitrogens with zero attached hydrogens (tertiary/aromatic N) is 4. The summed E-state index contributed by atoms with van der Waals surface area (Å²) in [7, 11) is 0. The molecule has 0 atom stereocenters. The first-order valence-corrected chi connectivity index (χ1v) is 12.5. The highest BCUT2D eigenvalue weighted by Crippen LogP contribution is 2.20. The third kappa shape index (κ3) is 5.71. The number of aryl methyl sites for hydroxylation is 3. The quantitative estimate of drug-likeness (QED) is 0.478. The van der Waals surface area contributed by atoms with Crippen molar-refractivity contribution in [1.82, 2.24) is 19.2 Å². The maximum absolute atomic E-state index is 13.5. The number of hydrogen-bond donors (Lipinski definition) is 0. The molecule has 1 amide bonds. The lowest BCUT2D eigenvalue weighted by atomic mass is 9.97. The molecule has 1 aromatic heterocycles. The number of rotatable bonds is 6. The fourth-order valence-electron chi connectivity index (χ4n) is 4.63. The monoisotopic (exact) mass is 504 g/mol. The molecule has 194 valence electrons. The third-order valence-corrected chi connectivity index (χ3v) is 6.58. The molecule has 3 aromatic rings. The van der Waals surface area contributed by atoms with E-state index in [2.05, 4.69) is 5.10 Å². The Bertz CT molecular complexity index is 1410. The minimum atomic E-state index is -0.733. The molecule has 1 aliphatic rings. The molecular weight excluding hydrogens is 472 g/mol. The van der Waals surface area contributed by atoms with Crippen molar-refractivity contribution in [2.24, 2.45) is 5.92 Å². The minimum Gasteiger partial charge on any atom is -0.466 e. The van der Waals surface area contributed by atoms with Gasteiger partial charge in [0.15, 0.2) is 0 Å². The van der Waals surface area contributed by atoms with Crippen LogP contribution in [0.3, 0.4) is 0 Å². The van der Waals surface area contributed by atoms with E-state index in [4.69, 9.17) is 4.74 Å². The van der Waals surface area contributed by atoms with Crippen LogP contribution in [0.2, 0.25) is 0 Å². The molecule has 9 heteroatoms. The van der Waals surface area contributed by atoms with Crippen LogP contribution in [-0.2, 0) is 16.1 Å². The van der Waals surface area contributed by atoms with Gasteiger partial charge < -0.3 is 9.64 Å². The molecule has 4 rings (SSSR count). The lowest BCUT2D eigenvalue weighted by Gasteiger charge is -2.30. The summed E-state index contributed by atoms with van der Waals surface area (Å²) in [4.78, 5) is 54.1. The summed E-state index contributed by atoms with van der Waals surface area (Å²) in [6.07, 6.45) is 0.887. The normalized spacial score (nSPS) is 14.0. The highest BCUT2D eigenvalue weighted by molar-refractivity contribution is 5.92. The van der Waals surface area contributed by atoms with Crippen molar-refractivity contribution in [2.45, 2.75) is 47.1 Å². The molecule has 2 aromatic carbocycles. The lowest BCUT2D eigenvalue weighted by Crippen LogP contribution is -2.48. The molecule has 0 radical (unpaired) electrons. The number of piperidine rings is 1. The van der Waals surface area contributed by atoms with Crippen molar-refractivity contribution in [3.8, 4) is 5.69 Å². The molecule has 37 heavy (non-hydrogen) atoms. The average molecular weight is 505 g/mol. The van der Waals surface area contributed by atoms with Gasteiger partial charge in [0.1, 0.15) is 0 Å². The van der Waals surface area contributed by atoms with Crippen LogP contribution in [0.25, 0.3) is 5.69 Å². The Morgan fingerprint density at radius 2 is 1.57 bits per heavy atom. The Hall–Kier alpha value is -4.01. The van der Waals surface area contributed by atoms with E-state index < -0.39 is 17.2 Å². The Morgan fingerprint density at radius 1 is 0.946 bits per heavy atom. The summed E-state index contributed by atoms with van der Waals surface area (Å²) in [6.45, 7) is 8.44. The Labute approximate surface area is 215 Å². The summed E-state index contributed by atoms with van der Waals surface area (Å²) >= 11 is 0. The Morgan fingerprint density at radius 3 is 2.16 bits per heavy atom. The van der Waals surface area contributed by atoms with E-state index in [0.29, 0.717) is 38.2 Å². The van der Waals surface area contributed by atoms with Gasteiger partial charge in [0, 0.05) is 13.1 Å². The van der Waals surface area contributed by atoms with Gasteiger partial charge in [0.05, 0.1) is 24.8 Å². The zero-order chi connectivity index (χ0) is 26.7. The summed E-state index contributed by atoms with van der Waals surface area (Å²) < 4.78 is 7.31. The topological polar surface area (TPSA) is 104 Å². The SMILES string of the molecule is CCOC(=O)C1CCN(C(=O)c2nn(-c3cc(C)cc(C)c3)c(=O)n(Cc3ccc(C)cc3)c2=O)CC1. The van der Waals surface area contributed by atoms with E-state index in [0.717, 1.165) is 31.5 Å². The molecule has 9 nitrogen and oxygen atoms in total. The zero-order valence-corrected chi connectivity index (χ0v) is 21.7. The van der Waals surface area contributed by atoms with Crippen LogP contribution >= 0.6 is 0 Å². The smallest absolute Gasteiger partial charge is 0.352 e.